The summed E-state index contributed by atoms with van der Waals surface area (Å²) in [5, 5.41) is 16.2. The Morgan fingerprint density at radius 3 is 2.72 bits per heavy atom. The lowest BCUT2D eigenvalue weighted by atomic mass is 10.1. The number of amides is 1. The van der Waals surface area contributed by atoms with Crippen molar-refractivity contribution in [2.45, 2.75) is 12.8 Å². The number of benzene rings is 2. The van der Waals surface area contributed by atoms with Gasteiger partial charge in [-0.05, 0) is 49.1 Å². The summed E-state index contributed by atoms with van der Waals surface area (Å²) in [6.07, 6.45) is 1.80. The van der Waals surface area contributed by atoms with E-state index in [1.165, 1.54) is 28.6 Å². The van der Waals surface area contributed by atoms with Crippen LogP contribution >= 0.6 is 11.5 Å². The summed E-state index contributed by atoms with van der Waals surface area (Å²) in [4.78, 5) is 27.5. The van der Waals surface area contributed by atoms with E-state index < -0.39 is 4.92 Å². The van der Waals surface area contributed by atoms with Crippen LogP contribution in [0.25, 0.3) is 10.9 Å². The number of hydrogen-bond donors (Lipinski definition) is 2. The number of nitrogens with one attached hydrogen (secondary N) is 1. The van der Waals surface area contributed by atoms with Crippen molar-refractivity contribution in [3.63, 3.8) is 0 Å². The van der Waals surface area contributed by atoms with Crippen LogP contribution in [0.3, 0.4) is 0 Å². The molecule has 0 atom stereocenters. The molecule has 10 heteroatoms. The number of non-ortho nitro benzene ring substituents is 1. The van der Waals surface area contributed by atoms with Crippen LogP contribution in [0.4, 0.5) is 16.4 Å². The van der Waals surface area contributed by atoms with E-state index in [0.29, 0.717) is 6.54 Å². The molecule has 1 aliphatic heterocycles. The van der Waals surface area contributed by atoms with Gasteiger partial charge in [-0.2, -0.15) is 4.37 Å². The van der Waals surface area contributed by atoms with Crippen LogP contribution in [0.1, 0.15) is 23.2 Å². The van der Waals surface area contributed by atoms with Gasteiger partial charge < -0.3 is 16.0 Å². The number of nitrogens with zero attached hydrogens (tertiary/aromatic N) is 4. The average Bonchev–Trinajstić information content (AvgIpc) is 3.23. The first kappa shape index (κ1) is 22.0. The number of nitro groups is 1. The number of aromatic nitrogens is 1. The van der Waals surface area contributed by atoms with Gasteiger partial charge in [-0.15, -0.1) is 0 Å². The Bertz CT molecular complexity index is 1110. The number of fused-ring (bicyclic) bond motifs is 1. The Hall–Kier alpha value is -3.24. The number of hydrogen-bond acceptors (Lipinski definition) is 8. The van der Waals surface area contributed by atoms with Crippen molar-refractivity contribution < 1.29 is 9.72 Å². The second-order valence-electron chi connectivity index (χ2n) is 7.83. The maximum Gasteiger partial charge on any atom is 0.270 e. The first-order chi connectivity index (χ1) is 15.5. The molecule has 0 spiro atoms. The third-order valence-corrected chi connectivity index (χ3v) is 6.64. The molecule has 3 N–H and O–H groups in total. The van der Waals surface area contributed by atoms with Crippen molar-refractivity contribution in [2.24, 2.45) is 0 Å². The second kappa shape index (κ2) is 9.92. The third kappa shape index (κ3) is 4.97. The molecule has 0 radical (unpaired) electrons. The lowest BCUT2D eigenvalue weighted by molar-refractivity contribution is -0.384. The fourth-order valence-corrected chi connectivity index (χ4v) is 4.80. The molecule has 1 aliphatic rings. The number of anilines is 2. The highest BCUT2D eigenvalue weighted by atomic mass is 32.1. The van der Waals surface area contributed by atoms with Crippen molar-refractivity contribution in [3.05, 3.63) is 58.1 Å². The van der Waals surface area contributed by atoms with E-state index >= 15 is 0 Å². The number of unbranched alkanes of at least 4 members (excludes halogenated alkanes) is 1. The van der Waals surface area contributed by atoms with E-state index in [4.69, 9.17) is 5.73 Å². The van der Waals surface area contributed by atoms with Crippen molar-refractivity contribution in [1.29, 1.82) is 0 Å². The van der Waals surface area contributed by atoms with Gasteiger partial charge in [0.15, 0.2) is 0 Å². The third-order valence-electron chi connectivity index (χ3n) is 5.70. The molecule has 0 saturated carbocycles. The maximum absolute atomic E-state index is 12.3. The zero-order chi connectivity index (χ0) is 22.5. The first-order valence-corrected chi connectivity index (χ1v) is 11.4. The number of nitro benzene ring substituents is 1. The largest absolute Gasteiger partial charge is 0.398 e. The lowest BCUT2D eigenvalue weighted by Gasteiger charge is -2.35. The van der Waals surface area contributed by atoms with Gasteiger partial charge >= 0.3 is 0 Å². The molecule has 3 aromatic rings. The summed E-state index contributed by atoms with van der Waals surface area (Å²) >= 11 is 1.57. The quantitative estimate of drug-likeness (QED) is 0.232. The molecule has 1 fully saturated rings. The highest BCUT2D eigenvalue weighted by molar-refractivity contribution is 7.11. The van der Waals surface area contributed by atoms with Crippen molar-refractivity contribution in [2.75, 3.05) is 49.9 Å². The minimum atomic E-state index is -0.534. The molecule has 0 aliphatic carbocycles. The molecule has 1 aromatic heterocycles. The van der Waals surface area contributed by atoms with Gasteiger partial charge in [0.05, 0.1) is 16.0 Å². The van der Waals surface area contributed by atoms with E-state index in [1.54, 1.807) is 11.5 Å². The first-order valence-electron chi connectivity index (χ1n) is 10.7. The highest BCUT2D eigenvalue weighted by Gasteiger charge is 2.20. The Kier molecular flexibility index (Phi) is 6.81. The van der Waals surface area contributed by atoms with Gasteiger partial charge in [-0.3, -0.25) is 19.8 Å². The Morgan fingerprint density at radius 2 is 1.94 bits per heavy atom. The van der Waals surface area contributed by atoms with Crippen LogP contribution < -0.4 is 16.0 Å². The van der Waals surface area contributed by atoms with E-state index in [2.05, 4.69) is 37.7 Å². The van der Waals surface area contributed by atoms with Gasteiger partial charge in [-0.1, -0.05) is 12.1 Å². The maximum atomic E-state index is 12.3. The van der Waals surface area contributed by atoms with Crippen LogP contribution in [0.5, 0.6) is 0 Å². The van der Waals surface area contributed by atoms with E-state index in [-0.39, 0.29) is 22.8 Å². The fraction of sp³-hybridized carbons (Fsp3) is 0.364. The SMILES string of the molecule is Nc1ccc([N+](=O)[O-])cc1C(=O)NCCCCN1CCN(c2snc3ccccc23)CC1. The van der Waals surface area contributed by atoms with E-state index in [1.807, 2.05) is 6.07 Å². The van der Waals surface area contributed by atoms with Crippen molar-refractivity contribution >= 4 is 44.7 Å². The molecular weight excluding hydrogens is 428 g/mol. The summed E-state index contributed by atoms with van der Waals surface area (Å²) in [7, 11) is 0. The Morgan fingerprint density at radius 1 is 1.16 bits per heavy atom. The molecule has 2 aromatic carbocycles. The minimum Gasteiger partial charge on any atom is -0.398 e. The van der Waals surface area contributed by atoms with Crippen LogP contribution in [-0.4, -0.2) is 59.4 Å². The topological polar surface area (TPSA) is 118 Å². The molecular formula is C22H26N6O3S. The summed E-state index contributed by atoms with van der Waals surface area (Å²) < 4.78 is 4.55. The minimum absolute atomic E-state index is 0.144. The van der Waals surface area contributed by atoms with Crippen LogP contribution in [-0.2, 0) is 0 Å². The number of nitrogen functional groups attached to an aromatic ring is 1. The van der Waals surface area contributed by atoms with Crippen molar-refractivity contribution in [1.82, 2.24) is 14.6 Å². The van der Waals surface area contributed by atoms with E-state index in [0.717, 1.165) is 51.1 Å². The monoisotopic (exact) mass is 454 g/mol. The standard InChI is InChI=1S/C22H26N6O3S/c23-19-8-7-16(28(30)31)15-18(19)21(29)24-9-3-4-10-26-11-13-27(14-12-26)22-17-5-1-2-6-20(17)25-32-22/h1-2,5-8,15H,3-4,9-14,23H2,(H,24,29). The van der Waals surface area contributed by atoms with Gasteiger partial charge in [-0.25, -0.2) is 0 Å². The molecule has 4 rings (SSSR count). The van der Waals surface area contributed by atoms with Crippen LogP contribution in [0.15, 0.2) is 42.5 Å². The van der Waals surface area contributed by atoms with Gasteiger partial charge in [0.2, 0.25) is 0 Å². The van der Waals surface area contributed by atoms with Gasteiger partial charge in [0.1, 0.15) is 5.00 Å². The average molecular weight is 455 g/mol. The summed E-state index contributed by atoms with van der Waals surface area (Å²) in [6.45, 7) is 5.45. The fourth-order valence-electron chi connectivity index (χ4n) is 3.89. The number of nitrogens with two attached hydrogens (primary N) is 1. The summed E-state index contributed by atoms with van der Waals surface area (Å²) in [5.74, 6) is -0.378. The van der Waals surface area contributed by atoms with Crippen molar-refractivity contribution in [3.8, 4) is 0 Å². The Labute approximate surface area is 190 Å². The zero-order valence-electron chi connectivity index (χ0n) is 17.7. The summed E-state index contributed by atoms with van der Waals surface area (Å²) in [5.41, 5.74) is 7.09. The molecule has 2 heterocycles. The smallest absolute Gasteiger partial charge is 0.270 e. The van der Waals surface area contributed by atoms with Gasteiger partial charge in [0, 0.05) is 55.9 Å². The number of rotatable bonds is 8. The van der Waals surface area contributed by atoms with Crippen LogP contribution in [0, 0.1) is 10.1 Å². The number of piperazine rings is 1. The molecule has 32 heavy (non-hydrogen) atoms. The van der Waals surface area contributed by atoms with Crippen LogP contribution in [0.2, 0.25) is 0 Å². The predicted molar refractivity (Wildman–Crippen MR) is 127 cm³/mol. The molecule has 9 nitrogen and oxygen atoms in total. The molecule has 168 valence electrons. The molecule has 1 saturated heterocycles. The number of carbonyl (C=O) groups excluding carboxylic acids is 1. The number of carbonyl (C=O) groups is 1. The molecule has 1 amide bonds. The predicted octanol–water partition coefficient (Wildman–Crippen LogP) is 3.12. The lowest BCUT2D eigenvalue weighted by Crippen LogP contribution is -2.46. The van der Waals surface area contributed by atoms with Gasteiger partial charge in [0.25, 0.3) is 11.6 Å². The summed E-state index contributed by atoms with van der Waals surface area (Å²) in [6, 6.07) is 12.2. The Balaban J connectivity index is 1.18. The zero-order valence-corrected chi connectivity index (χ0v) is 18.5. The molecule has 0 unspecified atom stereocenters. The highest BCUT2D eigenvalue weighted by Crippen LogP contribution is 2.31. The normalized spacial score (nSPS) is 14.6. The second-order valence-corrected chi connectivity index (χ2v) is 8.58. The van der Waals surface area contributed by atoms with E-state index in [9.17, 15) is 14.9 Å². The molecule has 0 bridgehead atoms.